The number of amides is 2. The Morgan fingerprint density at radius 2 is 1.87 bits per heavy atom. The number of hydrogen-bond donors (Lipinski definition) is 1. The number of furan rings is 1. The lowest BCUT2D eigenvalue weighted by Crippen LogP contribution is -2.54. The molecule has 1 aromatic heterocycles. The van der Waals surface area contributed by atoms with Crippen molar-refractivity contribution in [3.8, 4) is 11.3 Å². The summed E-state index contributed by atoms with van der Waals surface area (Å²) in [5, 5.41) is 3.59. The fourth-order valence-electron chi connectivity index (χ4n) is 2.98. The monoisotopic (exact) mass is 456 g/mol. The average Bonchev–Trinajstić information content (AvgIpc) is 3.16. The van der Waals surface area contributed by atoms with Gasteiger partial charge in [0.1, 0.15) is 17.1 Å². The van der Waals surface area contributed by atoms with Crippen LogP contribution < -0.4 is 10.2 Å². The zero-order valence-corrected chi connectivity index (χ0v) is 17.9. The minimum atomic E-state index is -0.597. The van der Waals surface area contributed by atoms with Crippen LogP contribution in [0.15, 0.2) is 64.6 Å². The van der Waals surface area contributed by atoms with Gasteiger partial charge in [0.05, 0.1) is 5.69 Å². The first-order valence-corrected chi connectivity index (χ1v) is 10.0. The standard InChI is InChI=1S/C22H14Cl2N2O3S/c1-12-5-6-15(10-18(12)24)26-21(28)17(20(27)25-22(26)30)11-16-7-8-19(29-16)13-3-2-4-14(23)9-13/h2-11H,1H3,(H,25,27,30)/b17-11+. The summed E-state index contributed by atoms with van der Waals surface area (Å²) >= 11 is 17.4. The molecule has 0 aliphatic carbocycles. The van der Waals surface area contributed by atoms with E-state index in [0.29, 0.717) is 27.3 Å². The lowest BCUT2D eigenvalue weighted by atomic mass is 10.1. The molecular formula is C22H14Cl2N2O3S. The van der Waals surface area contributed by atoms with Crippen LogP contribution in [0, 0.1) is 6.92 Å². The number of thiocarbonyl (C=S) groups is 1. The zero-order chi connectivity index (χ0) is 21.4. The maximum absolute atomic E-state index is 13.1. The fraction of sp³-hybridized carbons (Fsp3) is 0.0455. The molecule has 1 aliphatic heterocycles. The third kappa shape index (κ3) is 3.89. The van der Waals surface area contributed by atoms with Crippen LogP contribution in [0.4, 0.5) is 5.69 Å². The summed E-state index contributed by atoms with van der Waals surface area (Å²) in [6, 6.07) is 15.7. The number of hydrogen-bond acceptors (Lipinski definition) is 4. The van der Waals surface area contributed by atoms with Crippen molar-refractivity contribution in [1.82, 2.24) is 5.32 Å². The topological polar surface area (TPSA) is 62.6 Å². The first-order valence-electron chi connectivity index (χ1n) is 8.87. The molecule has 2 heterocycles. The van der Waals surface area contributed by atoms with E-state index in [1.165, 1.54) is 11.0 Å². The number of carbonyl (C=O) groups is 2. The van der Waals surface area contributed by atoms with Crippen LogP contribution in [0.1, 0.15) is 11.3 Å². The van der Waals surface area contributed by atoms with Crippen LogP contribution >= 0.6 is 35.4 Å². The molecule has 2 amide bonds. The minimum absolute atomic E-state index is 0.0128. The van der Waals surface area contributed by atoms with Crippen molar-refractivity contribution in [2.75, 3.05) is 4.90 Å². The van der Waals surface area contributed by atoms with Crippen LogP contribution in [-0.2, 0) is 9.59 Å². The largest absolute Gasteiger partial charge is 0.457 e. The molecule has 1 aliphatic rings. The third-order valence-corrected chi connectivity index (χ3v) is 5.46. The van der Waals surface area contributed by atoms with E-state index in [4.69, 9.17) is 39.8 Å². The molecule has 0 bridgehead atoms. The van der Waals surface area contributed by atoms with E-state index in [0.717, 1.165) is 11.1 Å². The lowest BCUT2D eigenvalue weighted by Gasteiger charge is -2.29. The molecule has 8 heteroatoms. The summed E-state index contributed by atoms with van der Waals surface area (Å²) in [5.74, 6) is -0.256. The van der Waals surface area contributed by atoms with E-state index in [1.807, 2.05) is 19.1 Å². The van der Waals surface area contributed by atoms with Crippen LogP contribution in [0.2, 0.25) is 10.0 Å². The molecule has 4 rings (SSSR count). The molecule has 30 heavy (non-hydrogen) atoms. The van der Waals surface area contributed by atoms with Crippen molar-refractivity contribution in [2.45, 2.75) is 6.92 Å². The fourth-order valence-corrected chi connectivity index (χ4v) is 3.63. The van der Waals surface area contributed by atoms with Gasteiger partial charge in [-0.05, 0) is 67.2 Å². The highest BCUT2D eigenvalue weighted by Crippen LogP contribution is 2.29. The minimum Gasteiger partial charge on any atom is -0.457 e. The van der Waals surface area contributed by atoms with E-state index < -0.39 is 11.8 Å². The van der Waals surface area contributed by atoms with Gasteiger partial charge in [0.25, 0.3) is 11.8 Å². The molecule has 1 fully saturated rings. The van der Waals surface area contributed by atoms with Crippen LogP contribution in [0.25, 0.3) is 17.4 Å². The normalized spacial score (nSPS) is 15.6. The van der Waals surface area contributed by atoms with Gasteiger partial charge < -0.3 is 4.42 Å². The molecule has 0 saturated carbocycles. The van der Waals surface area contributed by atoms with Gasteiger partial charge in [-0.3, -0.25) is 19.8 Å². The Balaban J connectivity index is 1.68. The highest BCUT2D eigenvalue weighted by atomic mass is 35.5. The summed E-state index contributed by atoms with van der Waals surface area (Å²) < 4.78 is 5.79. The number of carbonyl (C=O) groups excluding carboxylic acids is 2. The van der Waals surface area contributed by atoms with Gasteiger partial charge >= 0.3 is 0 Å². The van der Waals surface area contributed by atoms with Gasteiger partial charge in [-0.1, -0.05) is 41.4 Å². The van der Waals surface area contributed by atoms with E-state index in [9.17, 15) is 9.59 Å². The van der Waals surface area contributed by atoms with Crippen molar-refractivity contribution >= 4 is 64.1 Å². The number of aryl methyl sites for hydroxylation is 1. The molecule has 3 aromatic rings. The Bertz CT molecular complexity index is 1230. The lowest BCUT2D eigenvalue weighted by molar-refractivity contribution is -0.122. The second-order valence-electron chi connectivity index (χ2n) is 6.60. The molecule has 5 nitrogen and oxygen atoms in total. The second kappa shape index (κ2) is 8.07. The smallest absolute Gasteiger partial charge is 0.270 e. The first-order chi connectivity index (χ1) is 14.3. The Hall–Kier alpha value is -2.93. The van der Waals surface area contributed by atoms with E-state index in [2.05, 4.69) is 5.32 Å². The Kier molecular flexibility index (Phi) is 5.47. The van der Waals surface area contributed by atoms with Gasteiger partial charge in [0, 0.05) is 15.6 Å². The summed E-state index contributed by atoms with van der Waals surface area (Å²) in [7, 11) is 0. The summed E-state index contributed by atoms with van der Waals surface area (Å²) in [4.78, 5) is 26.7. The van der Waals surface area contributed by atoms with Crippen LogP contribution in [0.5, 0.6) is 0 Å². The molecule has 0 spiro atoms. The van der Waals surface area contributed by atoms with Crippen molar-refractivity contribution in [3.63, 3.8) is 0 Å². The summed E-state index contributed by atoms with van der Waals surface area (Å²) in [6.45, 7) is 1.85. The van der Waals surface area contributed by atoms with Gasteiger partial charge in [0.2, 0.25) is 0 Å². The Morgan fingerprint density at radius 1 is 1.07 bits per heavy atom. The number of anilines is 1. The average molecular weight is 457 g/mol. The molecule has 2 aromatic carbocycles. The maximum Gasteiger partial charge on any atom is 0.270 e. The third-order valence-electron chi connectivity index (χ3n) is 4.54. The predicted octanol–water partition coefficient (Wildman–Crippen LogP) is 5.39. The number of nitrogens with one attached hydrogen (secondary N) is 1. The zero-order valence-electron chi connectivity index (χ0n) is 15.6. The molecule has 0 unspecified atom stereocenters. The highest BCUT2D eigenvalue weighted by Gasteiger charge is 2.35. The SMILES string of the molecule is Cc1ccc(N2C(=O)/C(=C/c3ccc(-c4cccc(Cl)c4)o3)C(=O)NC2=S)cc1Cl. The van der Waals surface area contributed by atoms with E-state index in [1.54, 1.807) is 42.5 Å². The second-order valence-corrected chi connectivity index (χ2v) is 7.83. The molecule has 0 atom stereocenters. The van der Waals surface area contributed by atoms with Gasteiger partial charge in [-0.25, -0.2) is 0 Å². The number of benzene rings is 2. The Labute approximate surface area is 187 Å². The molecule has 1 saturated heterocycles. The molecular weight excluding hydrogens is 443 g/mol. The summed E-state index contributed by atoms with van der Waals surface area (Å²) in [6.07, 6.45) is 1.39. The number of halogens is 2. The first kappa shape index (κ1) is 20.3. The number of rotatable bonds is 3. The predicted molar refractivity (Wildman–Crippen MR) is 122 cm³/mol. The quantitative estimate of drug-likeness (QED) is 0.325. The van der Waals surface area contributed by atoms with Crippen LogP contribution in [0.3, 0.4) is 0 Å². The van der Waals surface area contributed by atoms with Gasteiger partial charge in [-0.2, -0.15) is 0 Å². The van der Waals surface area contributed by atoms with Crippen molar-refractivity contribution < 1.29 is 14.0 Å². The molecule has 150 valence electrons. The van der Waals surface area contributed by atoms with Crippen molar-refractivity contribution in [2.24, 2.45) is 0 Å². The van der Waals surface area contributed by atoms with Crippen molar-refractivity contribution in [1.29, 1.82) is 0 Å². The summed E-state index contributed by atoms with van der Waals surface area (Å²) in [5.41, 5.74) is 2.00. The molecule has 1 N–H and O–H groups in total. The maximum atomic E-state index is 13.1. The van der Waals surface area contributed by atoms with Gasteiger partial charge in [0.15, 0.2) is 5.11 Å². The number of nitrogens with zero attached hydrogens (tertiary/aromatic N) is 1. The Morgan fingerprint density at radius 3 is 2.60 bits per heavy atom. The highest BCUT2D eigenvalue weighted by molar-refractivity contribution is 7.80. The van der Waals surface area contributed by atoms with Crippen LogP contribution in [-0.4, -0.2) is 16.9 Å². The molecule has 0 radical (unpaired) electrons. The van der Waals surface area contributed by atoms with E-state index >= 15 is 0 Å². The van der Waals surface area contributed by atoms with Crippen molar-refractivity contribution in [3.05, 3.63) is 81.5 Å². The van der Waals surface area contributed by atoms with E-state index in [-0.39, 0.29) is 10.7 Å². The van der Waals surface area contributed by atoms with Gasteiger partial charge in [-0.15, -0.1) is 0 Å².